The predicted octanol–water partition coefficient (Wildman–Crippen LogP) is 3.91. The van der Waals surface area contributed by atoms with E-state index in [0.717, 1.165) is 0 Å². The number of unbranched alkanes of at least 4 members (excludes halogenated alkanes) is 2. The normalized spacial score (nSPS) is 12.2. The zero-order valence-electron chi connectivity index (χ0n) is 13.2. The molecule has 1 atom stereocenters. The van der Waals surface area contributed by atoms with Gasteiger partial charge in [-0.15, -0.1) is 0 Å². The molecule has 0 rings (SSSR count). The van der Waals surface area contributed by atoms with E-state index in [1.165, 1.54) is 51.6 Å². The first kappa shape index (κ1) is 19.3. The molecule has 0 fully saturated rings. The van der Waals surface area contributed by atoms with E-state index >= 15 is 0 Å². The number of hydrogen-bond acceptors (Lipinski definition) is 2. The van der Waals surface area contributed by atoms with Gasteiger partial charge in [0.25, 0.3) is 0 Å². The summed E-state index contributed by atoms with van der Waals surface area (Å²) in [6.07, 6.45) is 7.89. The average Bonchev–Trinajstić information content (AvgIpc) is 2.34. The van der Waals surface area contributed by atoms with E-state index in [0.29, 0.717) is 6.04 Å². The van der Waals surface area contributed by atoms with Crippen molar-refractivity contribution in [1.29, 1.82) is 0 Å². The molecule has 1 unspecified atom stereocenters. The van der Waals surface area contributed by atoms with Gasteiger partial charge in [0, 0.05) is 6.04 Å². The molecule has 0 aliphatic heterocycles. The zero-order valence-corrected chi connectivity index (χ0v) is 13.2. The van der Waals surface area contributed by atoms with Gasteiger partial charge in [-0.25, -0.2) is 0 Å². The molecule has 2 nitrogen and oxygen atoms in total. The molecule has 0 amide bonds. The molecular formula is C15H36N2. The Morgan fingerprint density at radius 2 is 1.41 bits per heavy atom. The summed E-state index contributed by atoms with van der Waals surface area (Å²) in [7, 11) is 4.21. The van der Waals surface area contributed by atoms with E-state index in [2.05, 4.69) is 45.0 Å². The molecule has 0 aromatic rings. The third-order valence-corrected chi connectivity index (χ3v) is 3.00. The lowest BCUT2D eigenvalue weighted by atomic mass is 10.2. The largest absolute Gasteiger partial charge is 0.317 e. The second-order valence-electron chi connectivity index (χ2n) is 4.99. The number of nitrogens with one attached hydrogen (secondary N) is 1. The van der Waals surface area contributed by atoms with E-state index in [4.69, 9.17) is 0 Å². The second-order valence-corrected chi connectivity index (χ2v) is 4.99. The predicted molar refractivity (Wildman–Crippen MR) is 80.7 cm³/mol. The number of hydrogen-bond donors (Lipinski definition) is 1. The van der Waals surface area contributed by atoms with Gasteiger partial charge in [0.05, 0.1) is 0 Å². The molecule has 1 N–H and O–H groups in total. The molecule has 0 bridgehead atoms. The topological polar surface area (TPSA) is 15.3 Å². The van der Waals surface area contributed by atoms with Crippen LogP contribution in [-0.4, -0.2) is 38.1 Å². The van der Waals surface area contributed by atoms with Crippen LogP contribution in [0.2, 0.25) is 0 Å². The first-order chi connectivity index (χ1) is 8.12. The number of nitrogens with zero attached hydrogens (tertiary/aromatic N) is 1. The molecule has 17 heavy (non-hydrogen) atoms. The van der Waals surface area contributed by atoms with Gasteiger partial charge in [-0.05, 0) is 53.4 Å². The molecule has 0 saturated heterocycles. The second kappa shape index (κ2) is 15.9. The highest BCUT2D eigenvalue weighted by Gasteiger charge is 1.94. The van der Waals surface area contributed by atoms with Crippen molar-refractivity contribution in [2.75, 3.05) is 27.2 Å². The Labute approximate surface area is 110 Å². The van der Waals surface area contributed by atoms with Gasteiger partial charge < -0.3 is 10.2 Å². The van der Waals surface area contributed by atoms with E-state index in [1.807, 2.05) is 7.05 Å². The van der Waals surface area contributed by atoms with Gasteiger partial charge in [0.1, 0.15) is 0 Å². The Balaban J connectivity index is 0. The molecule has 106 valence electrons. The molecule has 0 saturated carbocycles. The van der Waals surface area contributed by atoms with Crippen LogP contribution >= 0.6 is 0 Å². The fourth-order valence-corrected chi connectivity index (χ4v) is 1.55. The van der Waals surface area contributed by atoms with Crippen molar-refractivity contribution in [3.05, 3.63) is 0 Å². The van der Waals surface area contributed by atoms with Crippen molar-refractivity contribution >= 4 is 0 Å². The van der Waals surface area contributed by atoms with Crippen LogP contribution < -0.4 is 5.32 Å². The summed E-state index contributed by atoms with van der Waals surface area (Å²) in [5.74, 6) is 0. The van der Waals surface area contributed by atoms with Crippen molar-refractivity contribution in [2.24, 2.45) is 0 Å². The fourth-order valence-electron chi connectivity index (χ4n) is 1.55. The maximum Gasteiger partial charge on any atom is 0.00356 e. The summed E-state index contributed by atoms with van der Waals surface area (Å²) in [5.41, 5.74) is 0. The van der Waals surface area contributed by atoms with Gasteiger partial charge in [0.2, 0.25) is 0 Å². The van der Waals surface area contributed by atoms with E-state index in [-0.39, 0.29) is 0 Å². The summed E-state index contributed by atoms with van der Waals surface area (Å²) < 4.78 is 0. The van der Waals surface area contributed by atoms with E-state index in [9.17, 15) is 0 Å². The quantitative estimate of drug-likeness (QED) is 0.661. The maximum atomic E-state index is 3.17. The Bertz CT molecular complexity index is 118. The summed E-state index contributed by atoms with van der Waals surface area (Å²) in [6, 6.07) is 0.699. The van der Waals surface area contributed by atoms with Crippen molar-refractivity contribution in [3.8, 4) is 0 Å². The molecule has 0 aliphatic rings. The van der Waals surface area contributed by atoms with Crippen LogP contribution in [0.3, 0.4) is 0 Å². The van der Waals surface area contributed by atoms with Crippen LogP contribution in [-0.2, 0) is 0 Å². The van der Waals surface area contributed by atoms with Crippen molar-refractivity contribution in [2.45, 2.75) is 72.3 Å². The van der Waals surface area contributed by atoms with Gasteiger partial charge in [-0.2, -0.15) is 0 Å². The smallest absolute Gasteiger partial charge is 0.00356 e. The Morgan fingerprint density at radius 1 is 0.941 bits per heavy atom. The summed E-state index contributed by atoms with van der Waals surface area (Å²) >= 11 is 0. The van der Waals surface area contributed by atoms with Crippen LogP contribution in [0.25, 0.3) is 0 Å². The average molecular weight is 244 g/mol. The minimum Gasteiger partial charge on any atom is -0.317 e. The maximum absolute atomic E-state index is 3.17. The van der Waals surface area contributed by atoms with Crippen LogP contribution in [0.1, 0.15) is 66.2 Å². The molecule has 0 aromatic heterocycles. The molecular weight excluding hydrogens is 208 g/mol. The third kappa shape index (κ3) is 18.5. The van der Waals surface area contributed by atoms with Gasteiger partial charge in [0.15, 0.2) is 0 Å². The molecule has 0 radical (unpaired) electrons. The minimum absolute atomic E-state index is 0.699. The minimum atomic E-state index is 0.699. The van der Waals surface area contributed by atoms with Gasteiger partial charge >= 0.3 is 0 Å². The molecule has 0 aromatic carbocycles. The summed E-state index contributed by atoms with van der Waals surface area (Å²) in [6.45, 7) is 11.4. The van der Waals surface area contributed by atoms with Crippen LogP contribution in [0.5, 0.6) is 0 Å². The monoisotopic (exact) mass is 244 g/mol. The van der Waals surface area contributed by atoms with Crippen LogP contribution in [0, 0.1) is 0 Å². The Morgan fingerprint density at radius 3 is 1.65 bits per heavy atom. The highest BCUT2D eigenvalue weighted by molar-refractivity contribution is 4.53. The number of rotatable bonds is 9. The molecule has 0 spiro atoms. The van der Waals surface area contributed by atoms with Crippen molar-refractivity contribution < 1.29 is 0 Å². The lowest BCUT2D eigenvalue weighted by Gasteiger charge is -2.14. The fraction of sp³-hybridized carbons (Fsp3) is 1.00. The molecule has 0 aliphatic carbocycles. The van der Waals surface area contributed by atoms with Crippen LogP contribution in [0.15, 0.2) is 0 Å². The Hall–Kier alpha value is -0.0800. The molecule has 0 heterocycles. The molecule has 2 heteroatoms. The lowest BCUT2D eigenvalue weighted by Crippen LogP contribution is -2.20. The van der Waals surface area contributed by atoms with Gasteiger partial charge in [-0.1, -0.05) is 40.0 Å². The lowest BCUT2D eigenvalue weighted by molar-refractivity contribution is 0.322. The van der Waals surface area contributed by atoms with Crippen LogP contribution in [0.4, 0.5) is 0 Å². The SMILES string of the molecule is CCCC(C)NC.CCCCN(C)CCCC. The zero-order chi connectivity index (χ0) is 13.5. The highest BCUT2D eigenvalue weighted by atomic mass is 15.1. The van der Waals surface area contributed by atoms with E-state index < -0.39 is 0 Å². The van der Waals surface area contributed by atoms with Crippen molar-refractivity contribution in [1.82, 2.24) is 10.2 Å². The first-order valence-electron chi connectivity index (χ1n) is 7.48. The summed E-state index contributed by atoms with van der Waals surface area (Å²) in [4.78, 5) is 2.42. The Kier molecular flexibility index (Phi) is 18.0. The van der Waals surface area contributed by atoms with Crippen molar-refractivity contribution in [3.63, 3.8) is 0 Å². The highest BCUT2D eigenvalue weighted by Crippen LogP contribution is 1.94. The van der Waals surface area contributed by atoms with E-state index in [1.54, 1.807) is 0 Å². The standard InChI is InChI=1S/C9H21N.C6H15N/c1-4-6-8-10(3)9-7-5-2;1-4-5-6(2)7-3/h4-9H2,1-3H3;6-7H,4-5H2,1-3H3. The first-order valence-corrected chi connectivity index (χ1v) is 7.48. The summed E-state index contributed by atoms with van der Waals surface area (Å²) in [5, 5.41) is 3.17. The third-order valence-electron chi connectivity index (χ3n) is 3.00. The van der Waals surface area contributed by atoms with Gasteiger partial charge in [-0.3, -0.25) is 0 Å².